The number of H-pyrrole nitrogens is 1. The lowest BCUT2D eigenvalue weighted by Crippen LogP contribution is -2.12. The van der Waals surface area contributed by atoms with Crippen LogP contribution in [0.2, 0.25) is 0 Å². The van der Waals surface area contributed by atoms with Crippen molar-refractivity contribution >= 4 is 27.5 Å². The summed E-state index contributed by atoms with van der Waals surface area (Å²) in [6, 6.07) is 0. The van der Waals surface area contributed by atoms with Gasteiger partial charge in [-0.2, -0.15) is 0 Å². The van der Waals surface area contributed by atoms with Gasteiger partial charge in [0.2, 0.25) is 5.95 Å². The summed E-state index contributed by atoms with van der Waals surface area (Å²) in [5, 5.41) is 2.52. The molecule has 0 unspecified atom stereocenters. The summed E-state index contributed by atoms with van der Waals surface area (Å²) in [5.41, 5.74) is 11.6. The molecule has 0 bridgehead atoms. The first-order valence-electron chi connectivity index (χ1n) is 4.18. The third-order valence-corrected chi connectivity index (χ3v) is 2.87. The van der Waals surface area contributed by atoms with E-state index in [4.69, 9.17) is 11.5 Å². The van der Waals surface area contributed by atoms with E-state index in [9.17, 15) is 4.79 Å². The van der Waals surface area contributed by atoms with Crippen molar-refractivity contribution in [3.63, 3.8) is 0 Å². The highest BCUT2D eigenvalue weighted by molar-refractivity contribution is 7.16. The number of hydrogen-bond acceptors (Lipinski definition) is 5. The summed E-state index contributed by atoms with van der Waals surface area (Å²) in [5.74, 6) is 0.156. The van der Waals surface area contributed by atoms with Gasteiger partial charge < -0.3 is 11.5 Å². The molecule has 14 heavy (non-hydrogen) atoms. The van der Waals surface area contributed by atoms with Crippen LogP contribution >= 0.6 is 11.3 Å². The number of nitrogens with one attached hydrogen (secondary N) is 1. The average Bonchev–Trinajstić information content (AvgIpc) is 2.49. The fourth-order valence-corrected chi connectivity index (χ4v) is 2.35. The number of aromatic amines is 1. The number of thiophene rings is 1. The molecule has 0 radical (unpaired) electrons. The van der Waals surface area contributed by atoms with Gasteiger partial charge in [0, 0.05) is 0 Å². The summed E-state index contributed by atoms with van der Waals surface area (Å²) in [4.78, 5) is 18.7. The van der Waals surface area contributed by atoms with E-state index in [2.05, 4.69) is 9.97 Å². The molecule has 5 nitrogen and oxygen atoms in total. The molecule has 0 amide bonds. The molecule has 74 valence electrons. The average molecular weight is 210 g/mol. The molecule has 0 saturated carbocycles. The van der Waals surface area contributed by atoms with Gasteiger partial charge in [-0.1, -0.05) is 0 Å². The summed E-state index contributed by atoms with van der Waals surface area (Å²) in [7, 11) is 0. The smallest absolute Gasteiger partial charge is 0.261 e. The topological polar surface area (TPSA) is 97.8 Å². The van der Waals surface area contributed by atoms with Gasteiger partial charge in [-0.3, -0.25) is 9.78 Å². The zero-order valence-corrected chi connectivity index (χ0v) is 8.23. The first-order valence-corrected chi connectivity index (χ1v) is 5.06. The molecule has 2 rings (SSSR count). The van der Waals surface area contributed by atoms with Crippen LogP contribution in [0.15, 0.2) is 10.2 Å². The zero-order chi connectivity index (χ0) is 10.1. The molecular formula is C8H10N4OS. The second kappa shape index (κ2) is 3.39. The quantitative estimate of drug-likeness (QED) is 0.653. The van der Waals surface area contributed by atoms with Crippen LogP contribution in [-0.2, 0) is 6.42 Å². The largest absolute Gasteiger partial charge is 0.369 e. The van der Waals surface area contributed by atoms with Crippen LogP contribution in [0.1, 0.15) is 5.56 Å². The third kappa shape index (κ3) is 1.38. The molecule has 2 heterocycles. The predicted molar refractivity (Wildman–Crippen MR) is 57.4 cm³/mol. The highest BCUT2D eigenvalue weighted by atomic mass is 32.1. The van der Waals surface area contributed by atoms with Crippen LogP contribution in [-0.4, -0.2) is 16.5 Å². The molecule has 0 spiro atoms. The molecule has 0 aliphatic heterocycles. The number of nitrogens with two attached hydrogens (primary N) is 2. The number of fused-ring (bicyclic) bond motifs is 1. The van der Waals surface area contributed by atoms with Gasteiger partial charge in [0.05, 0.1) is 5.39 Å². The van der Waals surface area contributed by atoms with Crippen molar-refractivity contribution in [1.82, 2.24) is 9.97 Å². The second-order valence-electron chi connectivity index (χ2n) is 2.93. The Balaban J connectivity index is 2.73. The van der Waals surface area contributed by atoms with Crippen LogP contribution in [0.5, 0.6) is 0 Å². The van der Waals surface area contributed by atoms with Gasteiger partial charge >= 0.3 is 0 Å². The lowest BCUT2D eigenvalue weighted by atomic mass is 10.2. The number of nitrogen functional groups attached to an aromatic ring is 1. The second-order valence-corrected chi connectivity index (χ2v) is 3.79. The van der Waals surface area contributed by atoms with E-state index in [-0.39, 0.29) is 11.5 Å². The predicted octanol–water partition coefficient (Wildman–Crippen LogP) is 0.0680. The summed E-state index contributed by atoms with van der Waals surface area (Å²) in [6.45, 7) is 0.523. The summed E-state index contributed by atoms with van der Waals surface area (Å²) < 4.78 is 0. The van der Waals surface area contributed by atoms with Crippen molar-refractivity contribution < 1.29 is 0 Å². The Labute approximate surface area is 83.8 Å². The van der Waals surface area contributed by atoms with E-state index in [1.54, 1.807) is 0 Å². The zero-order valence-electron chi connectivity index (χ0n) is 7.41. The number of rotatable bonds is 2. The molecule has 2 aromatic rings. The highest BCUT2D eigenvalue weighted by Crippen LogP contribution is 2.21. The minimum atomic E-state index is -0.183. The van der Waals surface area contributed by atoms with Crippen molar-refractivity contribution in [2.75, 3.05) is 12.3 Å². The SMILES string of the molecule is NCCc1csc2nc(N)[nH]c(=O)c12. The van der Waals surface area contributed by atoms with Crippen LogP contribution in [0.3, 0.4) is 0 Å². The van der Waals surface area contributed by atoms with Crippen molar-refractivity contribution in [3.05, 3.63) is 21.3 Å². The van der Waals surface area contributed by atoms with E-state index >= 15 is 0 Å². The van der Waals surface area contributed by atoms with Crippen LogP contribution < -0.4 is 17.0 Å². The highest BCUT2D eigenvalue weighted by Gasteiger charge is 2.09. The molecule has 0 atom stereocenters. The van der Waals surface area contributed by atoms with Crippen LogP contribution in [0, 0.1) is 0 Å². The Morgan fingerprint density at radius 1 is 1.57 bits per heavy atom. The Hall–Kier alpha value is -1.40. The van der Waals surface area contributed by atoms with Crippen LogP contribution in [0.25, 0.3) is 10.2 Å². The normalized spacial score (nSPS) is 10.9. The first kappa shape index (κ1) is 9.17. The first-order chi connectivity index (χ1) is 6.72. The van der Waals surface area contributed by atoms with E-state index in [1.165, 1.54) is 11.3 Å². The number of hydrogen-bond donors (Lipinski definition) is 3. The Kier molecular flexibility index (Phi) is 2.22. The molecule has 2 aromatic heterocycles. The standard InChI is InChI=1S/C8H10N4OS/c9-2-1-4-3-14-7-5(4)6(13)11-8(10)12-7/h3H,1-2,9H2,(H3,10,11,12,13). The van der Waals surface area contributed by atoms with E-state index in [1.807, 2.05) is 5.38 Å². The third-order valence-electron chi connectivity index (χ3n) is 1.95. The Morgan fingerprint density at radius 2 is 2.36 bits per heavy atom. The maximum atomic E-state index is 11.5. The van der Waals surface area contributed by atoms with Crippen molar-refractivity contribution in [3.8, 4) is 0 Å². The van der Waals surface area contributed by atoms with E-state index in [0.29, 0.717) is 23.2 Å². The number of nitrogens with zero attached hydrogens (tertiary/aromatic N) is 1. The monoisotopic (exact) mass is 210 g/mol. The van der Waals surface area contributed by atoms with Crippen molar-refractivity contribution in [1.29, 1.82) is 0 Å². The molecule has 6 heteroatoms. The van der Waals surface area contributed by atoms with E-state index in [0.717, 1.165) is 5.56 Å². The fourth-order valence-electron chi connectivity index (χ4n) is 1.36. The Bertz CT molecular complexity index is 516. The van der Waals surface area contributed by atoms with Gasteiger partial charge in [-0.15, -0.1) is 11.3 Å². The van der Waals surface area contributed by atoms with Gasteiger partial charge in [-0.25, -0.2) is 4.98 Å². The molecule has 0 fully saturated rings. The summed E-state index contributed by atoms with van der Waals surface area (Å²) in [6.07, 6.45) is 0.689. The minimum Gasteiger partial charge on any atom is -0.369 e. The van der Waals surface area contributed by atoms with Gasteiger partial charge in [0.1, 0.15) is 4.83 Å². The van der Waals surface area contributed by atoms with Gasteiger partial charge in [0.25, 0.3) is 5.56 Å². The molecule has 0 saturated heterocycles. The number of aromatic nitrogens is 2. The van der Waals surface area contributed by atoms with Crippen molar-refractivity contribution in [2.24, 2.45) is 5.73 Å². The lowest BCUT2D eigenvalue weighted by Gasteiger charge is -1.95. The lowest BCUT2D eigenvalue weighted by molar-refractivity contribution is 0.978. The van der Waals surface area contributed by atoms with Gasteiger partial charge in [0.15, 0.2) is 0 Å². The fraction of sp³-hybridized carbons (Fsp3) is 0.250. The summed E-state index contributed by atoms with van der Waals surface area (Å²) >= 11 is 1.42. The van der Waals surface area contributed by atoms with Crippen molar-refractivity contribution in [2.45, 2.75) is 6.42 Å². The van der Waals surface area contributed by atoms with Crippen LogP contribution in [0.4, 0.5) is 5.95 Å². The van der Waals surface area contributed by atoms with Gasteiger partial charge in [-0.05, 0) is 23.9 Å². The molecule has 0 aliphatic carbocycles. The molecule has 0 aliphatic rings. The maximum Gasteiger partial charge on any atom is 0.261 e. The molecule has 0 aromatic carbocycles. The van der Waals surface area contributed by atoms with E-state index < -0.39 is 0 Å². The number of anilines is 1. The Morgan fingerprint density at radius 3 is 3.07 bits per heavy atom. The molecule has 5 N–H and O–H groups in total. The minimum absolute atomic E-state index is 0.156. The maximum absolute atomic E-state index is 11.5. The molecular weight excluding hydrogens is 200 g/mol.